The number of hydrogen-bond acceptors (Lipinski definition) is 7. The molecule has 0 spiro atoms. The third-order valence-corrected chi connectivity index (χ3v) is 6.10. The molecule has 1 aliphatic rings. The van der Waals surface area contributed by atoms with Crippen molar-refractivity contribution in [3.8, 4) is 5.69 Å². The second-order valence-corrected chi connectivity index (χ2v) is 8.27. The van der Waals surface area contributed by atoms with E-state index in [9.17, 15) is 9.59 Å². The predicted molar refractivity (Wildman–Crippen MR) is 132 cm³/mol. The van der Waals surface area contributed by atoms with E-state index in [1.807, 2.05) is 49.4 Å². The number of methoxy groups -OCH3 is 1. The molecule has 0 amide bonds. The highest BCUT2D eigenvalue weighted by molar-refractivity contribution is 5.94. The summed E-state index contributed by atoms with van der Waals surface area (Å²) in [6.07, 6.45) is 1.79. The van der Waals surface area contributed by atoms with Gasteiger partial charge in [0.15, 0.2) is 0 Å². The van der Waals surface area contributed by atoms with Crippen LogP contribution in [-0.2, 0) is 4.74 Å². The minimum atomic E-state index is -0.461. The molecule has 0 N–H and O–H groups in total. The van der Waals surface area contributed by atoms with E-state index in [0.29, 0.717) is 35.5 Å². The molecule has 0 aliphatic carbocycles. The molecule has 8 nitrogen and oxygen atoms in total. The summed E-state index contributed by atoms with van der Waals surface area (Å²) >= 11 is 0. The van der Waals surface area contributed by atoms with Crippen molar-refractivity contribution in [2.45, 2.75) is 6.92 Å². The largest absolute Gasteiger partial charge is 0.465 e. The topological polar surface area (TPSA) is 80.6 Å². The monoisotopic (exact) mass is 455 g/mol. The van der Waals surface area contributed by atoms with Gasteiger partial charge in [0.2, 0.25) is 5.95 Å². The first-order valence-corrected chi connectivity index (χ1v) is 11.2. The number of carbonyl (C=O) groups excluding carboxylic acids is 1. The lowest BCUT2D eigenvalue weighted by Gasteiger charge is -2.36. The summed E-state index contributed by atoms with van der Waals surface area (Å²) in [5.74, 6) is 1.04. The second-order valence-electron chi connectivity index (χ2n) is 8.27. The molecule has 0 radical (unpaired) electrons. The van der Waals surface area contributed by atoms with Gasteiger partial charge in [0.05, 0.1) is 29.3 Å². The fourth-order valence-corrected chi connectivity index (χ4v) is 4.23. The van der Waals surface area contributed by atoms with Gasteiger partial charge in [-0.2, -0.15) is 0 Å². The van der Waals surface area contributed by atoms with Crippen molar-refractivity contribution >= 4 is 28.6 Å². The maximum absolute atomic E-state index is 13.7. The van der Waals surface area contributed by atoms with Crippen LogP contribution in [0.5, 0.6) is 0 Å². The van der Waals surface area contributed by atoms with Gasteiger partial charge in [-0.25, -0.2) is 19.3 Å². The molecule has 8 heteroatoms. The van der Waals surface area contributed by atoms with Crippen molar-refractivity contribution in [1.29, 1.82) is 0 Å². The Morgan fingerprint density at radius 2 is 1.68 bits per heavy atom. The van der Waals surface area contributed by atoms with Gasteiger partial charge < -0.3 is 14.5 Å². The molecule has 0 unspecified atom stereocenters. The fourth-order valence-electron chi connectivity index (χ4n) is 4.23. The van der Waals surface area contributed by atoms with Gasteiger partial charge in [-0.05, 0) is 49.4 Å². The Morgan fingerprint density at radius 3 is 2.35 bits per heavy atom. The Balaban J connectivity index is 1.59. The lowest BCUT2D eigenvalue weighted by molar-refractivity contribution is 0.0601. The first kappa shape index (κ1) is 21.6. The quantitative estimate of drug-likeness (QED) is 0.437. The van der Waals surface area contributed by atoms with Crippen molar-refractivity contribution in [3.05, 3.63) is 88.3 Å². The molecule has 34 heavy (non-hydrogen) atoms. The summed E-state index contributed by atoms with van der Waals surface area (Å²) in [5.41, 5.74) is 2.52. The van der Waals surface area contributed by atoms with Crippen molar-refractivity contribution in [1.82, 2.24) is 14.5 Å². The second kappa shape index (κ2) is 8.97. The van der Waals surface area contributed by atoms with E-state index >= 15 is 0 Å². The average molecular weight is 456 g/mol. The summed E-state index contributed by atoms with van der Waals surface area (Å²) in [6.45, 7) is 4.87. The molecule has 1 aliphatic heterocycles. The lowest BCUT2D eigenvalue weighted by atomic mass is 10.1. The van der Waals surface area contributed by atoms with Crippen LogP contribution in [0, 0.1) is 6.92 Å². The van der Waals surface area contributed by atoms with Gasteiger partial charge >= 0.3 is 5.97 Å². The number of aryl methyl sites for hydroxylation is 1. The van der Waals surface area contributed by atoms with E-state index in [2.05, 4.69) is 14.8 Å². The van der Waals surface area contributed by atoms with E-state index in [-0.39, 0.29) is 5.56 Å². The third kappa shape index (κ3) is 3.98. The first-order valence-electron chi connectivity index (χ1n) is 11.2. The summed E-state index contributed by atoms with van der Waals surface area (Å²) in [7, 11) is 1.34. The molecule has 3 heterocycles. The number of aromatic nitrogens is 3. The van der Waals surface area contributed by atoms with Crippen molar-refractivity contribution < 1.29 is 9.53 Å². The number of fused-ring (bicyclic) bond motifs is 1. The highest BCUT2D eigenvalue weighted by atomic mass is 16.5. The Morgan fingerprint density at radius 1 is 0.941 bits per heavy atom. The van der Waals surface area contributed by atoms with Gasteiger partial charge in [-0.15, -0.1) is 0 Å². The molecule has 172 valence electrons. The minimum absolute atomic E-state index is 0.174. The fraction of sp³-hybridized carbons (Fsp3) is 0.231. The number of anilines is 2. The molecule has 0 saturated carbocycles. The van der Waals surface area contributed by atoms with E-state index < -0.39 is 5.97 Å². The Hall–Kier alpha value is -4.20. The van der Waals surface area contributed by atoms with Crippen LogP contribution >= 0.6 is 0 Å². The molecule has 2 aromatic heterocycles. The molecule has 2 aromatic carbocycles. The lowest BCUT2D eigenvalue weighted by Crippen LogP contribution is -2.48. The molecule has 5 rings (SSSR count). The van der Waals surface area contributed by atoms with Crippen LogP contribution in [0.25, 0.3) is 16.6 Å². The van der Waals surface area contributed by atoms with Crippen LogP contribution in [-0.4, -0.2) is 53.8 Å². The van der Waals surface area contributed by atoms with E-state index in [1.165, 1.54) is 7.11 Å². The zero-order valence-electron chi connectivity index (χ0n) is 19.1. The summed E-state index contributed by atoms with van der Waals surface area (Å²) < 4.78 is 6.51. The number of ether oxygens (including phenoxy) is 1. The van der Waals surface area contributed by atoms with E-state index in [0.717, 1.165) is 30.2 Å². The number of piperazine rings is 1. The number of nitrogens with zero attached hydrogens (tertiary/aromatic N) is 5. The smallest absolute Gasteiger partial charge is 0.337 e. The standard InChI is InChI=1S/C26H25N5O3/c1-18-6-9-20(10-7-18)31-24(32)21-11-8-19(25(33)34-2)17-22(21)28-26(31)30-15-13-29(14-16-30)23-5-3-4-12-27-23/h3-12,17H,13-16H2,1-2H3. The summed E-state index contributed by atoms with van der Waals surface area (Å²) in [6, 6.07) is 18.6. The van der Waals surface area contributed by atoms with Crippen molar-refractivity contribution in [3.63, 3.8) is 0 Å². The van der Waals surface area contributed by atoms with Gasteiger partial charge in [-0.1, -0.05) is 23.8 Å². The normalized spacial score (nSPS) is 13.8. The highest BCUT2D eigenvalue weighted by Gasteiger charge is 2.24. The van der Waals surface area contributed by atoms with Crippen LogP contribution < -0.4 is 15.4 Å². The van der Waals surface area contributed by atoms with Gasteiger partial charge in [0.25, 0.3) is 5.56 Å². The maximum atomic E-state index is 13.7. The van der Waals surface area contributed by atoms with E-state index in [4.69, 9.17) is 9.72 Å². The summed E-state index contributed by atoms with van der Waals surface area (Å²) in [4.78, 5) is 39.4. The van der Waals surface area contributed by atoms with Crippen LogP contribution in [0.15, 0.2) is 71.7 Å². The molecule has 4 aromatic rings. The van der Waals surface area contributed by atoms with Crippen molar-refractivity contribution in [2.75, 3.05) is 43.1 Å². The van der Waals surface area contributed by atoms with Gasteiger partial charge in [0, 0.05) is 32.4 Å². The number of hydrogen-bond donors (Lipinski definition) is 0. The average Bonchev–Trinajstić information content (AvgIpc) is 2.89. The SMILES string of the molecule is COC(=O)c1ccc2c(=O)n(-c3ccc(C)cc3)c(N3CCN(c4ccccn4)CC3)nc2c1. The van der Waals surface area contributed by atoms with Gasteiger partial charge in [0.1, 0.15) is 5.82 Å². The molecule has 1 fully saturated rings. The Bertz CT molecular complexity index is 1390. The zero-order valence-corrected chi connectivity index (χ0v) is 19.1. The van der Waals surface area contributed by atoms with Crippen molar-refractivity contribution in [2.24, 2.45) is 0 Å². The Labute approximate surface area is 197 Å². The van der Waals surface area contributed by atoms with Crippen LogP contribution in [0.4, 0.5) is 11.8 Å². The maximum Gasteiger partial charge on any atom is 0.337 e. The molecule has 1 saturated heterocycles. The first-order chi connectivity index (χ1) is 16.5. The molecule has 0 bridgehead atoms. The molecular weight excluding hydrogens is 430 g/mol. The minimum Gasteiger partial charge on any atom is -0.465 e. The van der Waals surface area contributed by atoms with Crippen LogP contribution in [0.1, 0.15) is 15.9 Å². The zero-order chi connectivity index (χ0) is 23.7. The molecular formula is C26H25N5O3. The third-order valence-electron chi connectivity index (χ3n) is 6.10. The van der Waals surface area contributed by atoms with Crippen LogP contribution in [0.3, 0.4) is 0 Å². The predicted octanol–water partition coefficient (Wildman–Crippen LogP) is 3.20. The highest BCUT2D eigenvalue weighted by Crippen LogP contribution is 2.23. The molecule has 0 atom stereocenters. The van der Waals surface area contributed by atoms with Gasteiger partial charge in [-0.3, -0.25) is 4.79 Å². The Kier molecular flexibility index (Phi) is 5.71. The number of carbonyl (C=O) groups is 1. The van der Waals surface area contributed by atoms with Crippen LogP contribution in [0.2, 0.25) is 0 Å². The number of rotatable bonds is 4. The van der Waals surface area contributed by atoms with E-state index in [1.54, 1.807) is 29.0 Å². The number of esters is 1. The number of benzene rings is 2. The number of pyridine rings is 1. The summed E-state index contributed by atoms with van der Waals surface area (Å²) in [5, 5.41) is 0.448.